The van der Waals surface area contributed by atoms with Gasteiger partial charge in [0.05, 0.1) is 12.8 Å². The van der Waals surface area contributed by atoms with Gasteiger partial charge in [0.25, 0.3) is 0 Å². The lowest BCUT2D eigenvalue weighted by atomic mass is 9.88. The molecule has 0 aliphatic carbocycles. The minimum Gasteiger partial charge on any atom is -0.497 e. The second kappa shape index (κ2) is 6.73. The number of aromatic nitrogens is 1. The molecule has 4 heteroatoms. The van der Waals surface area contributed by atoms with Gasteiger partial charge in [-0.3, -0.25) is 4.98 Å². The van der Waals surface area contributed by atoms with Gasteiger partial charge in [-0.15, -0.1) is 0 Å². The molecule has 0 spiro atoms. The molecule has 0 amide bonds. The fourth-order valence-electron chi connectivity index (χ4n) is 2.04. The van der Waals surface area contributed by atoms with Gasteiger partial charge in [0, 0.05) is 11.9 Å². The number of benzene rings is 1. The quantitative estimate of drug-likeness (QED) is 0.486. The van der Waals surface area contributed by atoms with Gasteiger partial charge in [-0.05, 0) is 36.8 Å². The van der Waals surface area contributed by atoms with Crippen LogP contribution in [0.1, 0.15) is 18.2 Å². The highest BCUT2D eigenvalue weighted by Crippen LogP contribution is 2.15. The number of hydrogen-bond donors (Lipinski definition) is 0. The first kappa shape index (κ1) is 14.8. The van der Waals surface area contributed by atoms with E-state index in [4.69, 9.17) is 4.74 Å². The van der Waals surface area contributed by atoms with E-state index in [0.717, 1.165) is 28.2 Å². The van der Waals surface area contributed by atoms with Gasteiger partial charge in [0.2, 0.25) is 0 Å². The zero-order valence-corrected chi connectivity index (χ0v) is 12.6. The predicted molar refractivity (Wildman–Crippen MR) is 90.2 cm³/mol. The van der Waals surface area contributed by atoms with Crippen molar-refractivity contribution in [3.05, 3.63) is 66.2 Å². The number of methoxy groups -OCH3 is 1. The molecule has 1 aromatic carbocycles. The van der Waals surface area contributed by atoms with Gasteiger partial charge in [-0.25, -0.2) is 4.99 Å². The van der Waals surface area contributed by atoms with Crippen LogP contribution < -0.4 is 10.2 Å². The third kappa shape index (κ3) is 3.50. The lowest BCUT2D eigenvalue weighted by Gasteiger charge is -2.09. The summed E-state index contributed by atoms with van der Waals surface area (Å²) in [5, 5.41) is 0. The number of pyridine rings is 1. The summed E-state index contributed by atoms with van der Waals surface area (Å²) in [4.78, 5) is 8.89. The summed E-state index contributed by atoms with van der Waals surface area (Å²) in [6, 6.07) is 11.6. The van der Waals surface area contributed by atoms with Crippen molar-refractivity contribution < 1.29 is 4.74 Å². The van der Waals surface area contributed by atoms with Crippen molar-refractivity contribution in [1.82, 2.24) is 4.98 Å². The van der Waals surface area contributed by atoms with Crippen LogP contribution in [0.5, 0.6) is 5.75 Å². The molecule has 0 unspecified atom stereocenters. The molecule has 1 heterocycles. The highest BCUT2D eigenvalue weighted by atomic mass is 16.5. The zero-order chi connectivity index (χ0) is 15.2. The predicted octanol–water partition coefficient (Wildman–Crippen LogP) is 1.98. The van der Waals surface area contributed by atoms with Gasteiger partial charge >= 0.3 is 0 Å². The molecule has 0 N–H and O–H groups in total. The second-order valence-corrected chi connectivity index (χ2v) is 4.62. The van der Waals surface area contributed by atoms with Crippen molar-refractivity contribution >= 4 is 24.7 Å². The largest absolute Gasteiger partial charge is 0.497 e. The summed E-state index contributed by atoms with van der Waals surface area (Å²) in [6.45, 7) is 5.67. The van der Waals surface area contributed by atoms with E-state index in [2.05, 4.69) is 22.3 Å². The summed E-state index contributed by atoms with van der Waals surface area (Å²) in [7, 11) is 3.70. The van der Waals surface area contributed by atoms with Gasteiger partial charge in [-0.1, -0.05) is 29.9 Å². The maximum absolute atomic E-state index is 5.27. The van der Waals surface area contributed by atoms with E-state index in [1.807, 2.05) is 51.2 Å². The molecule has 0 fully saturated rings. The van der Waals surface area contributed by atoms with Gasteiger partial charge < -0.3 is 4.74 Å². The smallest absolute Gasteiger partial charge is 0.140 e. The van der Waals surface area contributed by atoms with Crippen LogP contribution in [0.15, 0.2) is 59.9 Å². The summed E-state index contributed by atoms with van der Waals surface area (Å²) >= 11 is 0. The van der Waals surface area contributed by atoms with E-state index in [0.29, 0.717) is 5.70 Å². The molecule has 1 aromatic heterocycles. The highest BCUT2D eigenvalue weighted by molar-refractivity contribution is 6.37. The topological polar surface area (TPSA) is 34.5 Å². The van der Waals surface area contributed by atoms with Crippen molar-refractivity contribution in [3.63, 3.8) is 0 Å². The van der Waals surface area contributed by atoms with Crippen LogP contribution in [-0.2, 0) is 0 Å². The van der Waals surface area contributed by atoms with E-state index in [9.17, 15) is 0 Å². The van der Waals surface area contributed by atoms with Crippen molar-refractivity contribution in [2.45, 2.75) is 6.92 Å². The van der Waals surface area contributed by atoms with E-state index in [1.165, 1.54) is 0 Å². The summed E-state index contributed by atoms with van der Waals surface area (Å²) < 4.78 is 5.27. The third-order valence-electron chi connectivity index (χ3n) is 3.19. The number of rotatable bonds is 4. The van der Waals surface area contributed by atoms with Gasteiger partial charge in [0.15, 0.2) is 0 Å². The normalized spacial score (nSPS) is 10.9. The van der Waals surface area contributed by atoms with Crippen molar-refractivity contribution in [2.24, 2.45) is 4.99 Å². The van der Waals surface area contributed by atoms with Crippen LogP contribution in [0.2, 0.25) is 0 Å². The van der Waals surface area contributed by atoms with Crippen molar-refractivity contribution in [2.75, 3.05) is 7.11 Å². The average Bonchev–Trinajstić information content (AvgIpc) is 2.53. The molecule has 2 aromatic rings. The second-order valence-electron chi connectivity index (χ2n) is 4.62. The Morgan fingerprint density at radius 3 is 2.76 bits per heavy atom. The summed E-state index contributed by atoms with van der Waals surface area (Å²) in [6.07, 6.45) is 1.73. The first-order chi connectivity index (χ1) is 10.2. The Morgan fingerprint density at radius 1 is 1.33 bits per heavy atom. The Balaban J connectivity index is 2.43. The first-order valence-electron chi connectivity index (χ1n) is 6.67. The molecule has 21 heavy (non-hydrogen) atoms. The first-order valence-corrected chi connectivity index (χ1v) is 6.67. The Labute approximate surface area is 126 Å². The highest BCUT2D eigenvalue weighted by Gasteiger charge is 2.06. The molecule has 0 radical (unpaired) electrons. The monoisotopic (exact) mass is 276 g/mol. The minimum atomic E-state index is 0.635. The number of aliphatic imine (C=N–C) groups is 1. The molecule has 104 valence electrons. The average molecular weight is 276 g/mol. The molecule has 0 aliphatic rings. The molecule has 3 nitrogen and oxygen atoms in total. The molecule has 0 atom stereocenters. The van der Waals surface area contributed by atoms with Gasteiger partial charge in [0.1, 0.15) is 19.3 Å². The maximum Gasteiger partial charge on any atom is 0.140 e. The standard InChI is InChI=1S/C17H17BN2O/c1-4-16(17-7-5-6-10-19-17)20-12(2)14-11-13(21-3)8-9-15(14)18/h5-11H,1,18H2,2-3H3/b20-12+. The Hall–Kier alpha value is -2.58. The summed E-state index contributed by atoms with van der Waals surface area (Å²) in [5.74, 6) is 0.812. The van der Waals surface area contributed by atoms with Crippen molar-refractivity contribution in [3.8, 4) is 5.75 Å². The van der Waals surface area contributed by atoms with Crippen molar-refractivity contribution in [1.29, 1.82) is 0 Å². The Kier molecular flexibility index (Phi) is 4.75. The van der Waals surface area contributed by atoms with Gasteiger partial charge in [-0.2, -0.15) is 0 Å². The number of hydrogen-bond acceptors (Lipinski definition) is 3. The van der Waals surface area contributed by atoms with Crippen LogP contribution in [0.3, 0.4) is 0 Å². The fraction of sp³-hybridized carbons (Fsp3) is 0.118. The Bertz CT molecular complexity index is 717. The third-order valence-corrected chi connectivity index (χ3v) is 3.19. The lowest BCUT2D eigenvalue weighted by molar-refractivity contribution is 0.415. The van der Waals surface area contributed by atoms with Crippen LogP contribution in [-0.4, -0.2) is 25.7 Å². The molecule has 0 bridgehead atoms. The van der Waals surface area contributed by atoms with E-state index < -0.39 is 0 Å². The molecule has 0 saturated carbocycles. The molecule has 0 saturated heterocycles. The molecule has 2 rings (SSSR count). The maximum atomic E-state index is 5.27. The molecular formula is C17H17BN2O. The van der Waals surface area contributed by atoms with E-state index >= 15 is 0 Å². The van der Waals surface area contributed by atoms with E-state index in [-0.39, 0.29) is 0 Å². The fourth-order valence-corrected chi connectivity index (χ4v) is 2.04. The zero-order valence-electron chi connectivity index (χ0n) is 12.6. The summed E-state index contributed by atoms with van der Waals surface area (Å²) in [5.41, 5.74) is 7.30. The van der Waals surface area contributed by atoms with Crippen LogP contribution in [0, 0.1) is 0 Å². The molecule has 0 aliphatic heterocycles. The lowest BCUT2D eigenvalue weighted by Crippen LogP contribution is -2.14. The SMILES string of the molecule is Bc1ccc(OC)cc1/C(C)=N/C(=C=C)c1ccccn1. The molecular weight excluding hydrogens is 259 g/mol. The van der Waals surface area contributed by atoms with Crippen LogP contribution in [0.25, 0.3) is 5.70 Å². The number of ether oxygens (including phenoxy) is 1. The Morgan fingerprint density at radius 2 is 2.14 bits per heavy atom. The number of nitrogens with zero attached hydrogens (tertiary/aromatic N) is 2. The van der Waals surface area contributed by atoms with Crippen LogP contribution >= 0.6 is 0 Å². The van der Waals surface area contributed by atoms with E-state index in [1.54, 1.807) is 13.3 Å². The van der Waals surface area contributed by atoms with Crippen LogP contribution in [0.4, 0.5) is 0 Å². The minimum absolute atomic E-state index is 0.635.